The molecule has 0 aliphatic carbocycles. The summed E-state index contributed by atoms with van der Waals surface area (Å²) in [6.45, 7) is 1.97. The highest BCUT2D eigenvalue weighted by molar-refractivity contribution is 5.90. The van der Waals surface area contributed by atoms with Crippen LogP contribution in [0.3, 0.4) is 0 Å². The minimum absolute atomic E-state index is 0.00647. The number of hydrogen-bond donors (Lipinski definition) is 1. The second kappa shape index (κ2) is 6.28. The molecule has 2 amide bonds. The smallest absolute Gasteiger partial charge is 0.322 e. The Hall–Kier alpha value is -2.34. The van der Waals surface area contributed by atoms with Crippen LogP contribution < -0.4 is 5.32 Å². The van der Waals surface area contributed by atoms with Gasteiger partial charge in [-0.25, -0.2) is 4.79 Å². The maximum Gasteiger partial charge on any atom is 0.322 e. The number of nitrogens with zero attached hydrogens (tertiary/aromatic N) is 3. The summed E-state index contributed by atoms with van der Waals surface area (Å²) >= 11 is 0. The van der Waals surface area contributed by atoms with Crippen molar-refractivity contribution in [2.45, 2.75) is 31.3 Å². The summed E-state index contributed by atoms with van der Waals surface area (Å²) < 4.78 is 4.86. The molecule has 1 aromatic carbocycles. The largest absolute Gasteiger partial charge is 0.364 e. The van der Waals surface area contributed by atoms with Crippen LogP contribution in [0.4, 0.5) is 10.5 Å². The van der Waals surface area contributed by atoms with Crippen LogP contribution in [0.25, 0.3) is 11.3 Å². The van der Waals surface area contributed by atoms with Gasteiger partial charge in [0.1, 0.15) is 12.0 Å². The molecular weight excluding hydrogens is 304 g/mol. The molecule has 0 radical (unpaired) electrons. The van der Waals surface area contributed by atoms with Crippen LogP contribution in [-0.2, 0) is 0 Å². The number of rotatable bonds is 2. The molecule has 2 aliphatic heterocycles. The minimum Gasteiger partial charge on any atom is -0.364 e. The van der Waals surface area contributed by atoms with Crippen molar-refractivity contribution in [1.29, 1.82) is 0 Å². The first-order chi connectivity index (χ1) is 11.7. The number of amides is 2. The van der Waals surface area contributed by atoms with Gasteiger partial charge in [0.05, 0.1) is 0 Å². The molecule has 2 fully saturated rings. The van der Waals surface area contributed by atoms with Gasteiger partial charge in [-0.2, -0.15) is 0 Å². The minimum atomic E-state index is 0.00647. The van der Waals surface area contributed by atoms with Gasteiger partial charge in [0, 0.05) is 35.9 Å². The fraction of sp³-hybridized carbons (Fsp3) is 0.444. The standard InChI is InChI=1S/C18H22N4O2/c1-21-10-2-3-17-16(21)8-11-22(17)18(23)19-14-6-4-13(5-7-14)15-9-12-24-20-15/h4-7,9,12,16-17H,2-3,8,10-11H2,1H3,(H,19,23). The number of piperidine rings is 1. The van der Waals surface area contributed by atoms with Crippen molar-refractivity contribution < 1.29 is 9.32 Å². The number of fused-ring (bicyclic) bond motifs is 1. The van der Waals surface area contributed by atoms with Crippen molar-refractivity contribution in [3.63, 3.8) is 0 Å². The van der Waals surface area contributed by atoms with E-state index in [0.29, 0.717) is 12.1 Å². The zero-order valence-corrected chi connectivity index (χ0v) is 13.8. The van der Waals surface area contributed by atoms with Crippen LogP contribution >= 0.6 is 0 Å². The Bertz CT molecular complexity index is 698. The molecule has 6 heteroatoms. The lowest BCUT2D eigenvalue weighted by Crippen LogP contribution is -2.50. The van der Waals surface area contributed by atoms with E-state index in [1.54, 1.807) is 6.26 Å². The highest BCUT2D eigenvalue weighted by Crippen LogP contribution is 2.30. The average Bonchev–Trinajstić information content (AvgIpc) is 3.26. The number of hydrogen-bond acceptors (Lipinski definition) is 4. The molecule has 3 heterocycles. The summed E-state index contributed by atoms with van der Waals surface area (Å²) in [7, 11) is 2.17. The second-order valence-electron chi connectivity index (χ2n) is 6.63. The molecule has 0 saturated carbocycles. The lowest BCUT2D eigenvalue weighted by molar-refractivity contribution is 0.129. The average molecular weight is 326 g/mol. The van der Waals surface area contributed by atoms with E-state index in [9.17, 15) is 4.79 Å². The zero-order valence-electron chi connectivity index (χ0n) is 13.8. The summed E-state index contributed by atoms with van der Waals surface area (Å²) in [5, 5.41) is 6.95. The molecule has 2 aromatic rings. The van der Waals surface area contributed by atoms with E-state index in [2.05, 4.69) is 22.4 Å². The number of anilines is 1. The molecular formula is C18H22N4O2. The first-order valence-electron chi connectivity index (χ1n) is 8.51. The molecule has 1 N–H and O–H groups in total. The van der Waals surface area contributed by atoms with Crippen LogP contribution in [0.15, 0.2) is 41.1 Å². The Morgan fingerprint density at radius 1 is 1.17 bits per heavy atom. The van der Waals surface area contributed by atoms with E-state index in [1.165, 1.54) is 0 Å². The number of nitrogens with one attached hydrogen (secondary N) is 1. The van der Waals surface area contributed by atoms with Gasteiger partial charge in [-0.1, -0.05) is 17.3 Å². The van der Waals surface area contributed by atoms with Crippen LogP contribution in [0.1, 0.15) is 19.3 Å². The van der Waals surface area contributed by atoms with Gasteiger partial charge >= 0.3 is 6.03 Å². The molecule has 4 rings (SSSR count). The molecule has 6 nitrogen and oxygen atoms in total. The third-order valence-corrected chi connectivity index (χ3v) is 5.22. The Labute approximate surface area is 141 Å². The number of benzene rings is 1. The molecule has 2 aliphatic rings. The number of likely N-dealkylation sites (tertiary alicyclic amines) is 2. The maximum atomic E-state index is 12.7. The lowest BCUT2D eigenvalue weighted by Gasteiger charge is -2.37. The molecule has 2 atom stereocenters. The van der Waals surface area contributed by atoms with Gasteiger partial charge in [-0.05, 0) is 45.0 Å². The van der Waals surface area contributed by atoms with Gasteiger partial charge in [-0.3, -0.25) is 0 Å². The molecule has 2 unspecified atom stereocenters. The number of aromatic nitrogens is 1. The van der Waals surface area contributed by atoms with Crippen LogP contribution in [0.5, 0.6) is 0 Å². The summed E-state index contributed by atoms with van der Waals surface area (Å²) in [6, 6.07) is 10.4. The van der Waals surface area contributed by atoms with Crippen LogP contribution in [0, 0.1) is 0 Å². The Morgan fingerprint density at radius 2 is 2.00 bits per heavy atom. The number of urea groups is 1. The predicted molar refractivity (Wildman–Crippen MR) is 91.7 cm³/mol. The predicted octanol–water partition coefficient (Wildman–Crippen LogP) is 3.04. The van der Waals surface area contributed by atoms with Gasteiger partial charge in [0.15, 0.2) is 0 Å². The van der Waals surface area contributed by atoms with Crippen molar-refractivity contribution in [3.05, 3.63) is 36.6 Å². The summed E-state index contributed by atoms with van der Waals surface area (Å²) in [6.07, 6.45) is 4.89. The number of carbonyl (C=O) groups excluding carboxylic acids is 1. The molecule has 1 aromatic heterocycles. The normalized spacial score (nSPS) is 24.0. The third-order valence-electron chi connectivity index (χ3n) is 5.22. The quantitative estimate of drug-likeness (QED) is 0.921. The Morgan fingerprint density at radius 3 is 2.75 bits per heavy atom. The van der Waals surface area contributed by atoms with Gasteiger partial charge < -0.3 is 19.6 Å². The van der Waals surface area contributed by atoms with E-state index in [0.717, 1.165) is 49.3 Å². The Balaban J connectivity index is 1.43. The maximum absolute atomic E-state index is 12.7. The first-order valence-corrected chi connectivity index (χ1v) is 8.51. The Kier molecular flexibility index (Phi) is 3.98. The fourth-order valence-electron chi connectivity index (χ4n) is 3.95. The van der Waals surface area contributed by atoms with Gasteiger partial charge in [-0.15, -0.1) is 0 Å². The van der Waals surface area contributed by atoms with E-state index in [1.807, 2.05) is 35.2 Å². The van der Waals surface area contributed by atoms with Crippen molar-refractivity contribution in [2.24, 2.45) is 0 Å². The highest BCUT2D eigenvalue weighted by Gasteiger charge is 2.40. The van der Waals surface area contributed by atoms with E-state index >= 15 is 0 Å². The molecule has 126 valence electrons. The van der Waals surface area contributed by atoms with Crippen LogP contribution in [0.2, 0.25) is 0 Å². The van der Waals surface area contributed by atoms with Crippen LogP contribution in [-0.4, -0.2) is 53.2 Å². The zero-order chi connectivity index (χ0) is 16.5. The first kappa shape index (κ1) is 15.2. The SMILES string of the molecule is CN1CCCC2C1CCN2C(=O)Nc1ccc(-c2ccon2)cc1. The lowest BCUT2D eigenvalue weighted by atomic mass is 9.98. The summed E-state index contributed by atoms with van der Waals surface area (Å²) in [5.41, 5.74) is 2.57. The second-order valence-corrected chi connectivity index (χ2v) is 6.63. The van der Waals surface area contributed by atoms with Crippen molar-refractivity contribution in [2.75, 3.05) is 25.5 Å². The number of likely N-dealkylation sites (N-methyl/N-ethyl adjacent to an activating group) is 1. The number of carbonyl (C=O) groups is 1. The molecule has 0 spiro atoms. The van der Waals surface area contributed by atoms with Crippen molar-refractivity contribution in [3.8, 4) is 11.3 Å². The fourth-order valence-corrected chi connectivity index (χ4v) is 3.95. The third kappa shape index (κ3) is 2.78. The van der Waals surface area contributed by atoms with Crippen molar-refractivity contribution in [1.82, 2.24) is 15.0 Å². The molecule has 24 heavy (non-hydrogen) atoms. The summed E-state index contributed by atoms with van der Waals surface area (Å²) in [5.74, 6) is 0. The van der Waals surface area contributed by atoms with E-state index < -0.39 is 0 Å². The molecule has 0 bridgehead atoms. The monoisotopic (exact) mass is 326 g/mol. The topological polar surface area (TPSA) is 61.6 Å². The molecule has 2 saturated heterocycles. The van der Waals surface area contributed by atoms with E-state index in [-0.39, 0.29) is 6.03 Å². The van der Waals surface area contributed by atoms with E-state index in [4.69, 9.17) is 4.52 Å². The summed E-state index contributed by atoms with van der Waals surface area (Å²) in [4.78, 5) is 17.1. The highest BCUT2D eigenvalue weighted by atomic mass is 16.5. The van der Waals surface area contributed by atoms with Gasteiger partial charge in [0.2, 0.25) is 0 Å². The van der Waals surface area contributed by atoms with Gasteiger partial charge in [0.25, 0.3) is 0 Å². The van der Waals surface area contributed by atoms with Crippen molar-refractivity contribution >= 4 is 11.7 Å².